The first kappa shape index (κ1) is 3.29. The highest BCUT2D eigenvalue weighted by Gasteiger charge is 1.86. The highest BCUT2D eigenvalue weighted by Crippen LogP contribution is 2.10. The first-order valence-corrected chi connectivity index (χ1v) is 2.55. The fourth-order valence-electron chi connectivity index (χ4n) is 0.241. The van der Waals surface area contributed by atoms with Crippen LogP contribution in [0.1, 0.15) is 0 Å². The van der Waals surface area contributed by atoms with E-state index in [4.69, 9.17) is 0 Å². The zero-order valence-electron chi connectivity index (χ0n) is 2.77. The van der Waals surface area contributed by atoms with Gasteiger partial charge in [0.05, 0.1) is 0 Å². The Kier molecular flexibility index (Phi) is 0.991. The van der Waals surface area contributed by atoms with Crippen molar-refractivity contribution in [1.29, 1.82) is 0 Å². The van der Waals surface area contributed by atoms with Crippen molar-refractivity contribution in [2.75, 3.05) is 5.75 Å². The third kappa shape index (κ3) is 0.690. The van der Waals surface area contributed by atoms with Gasteiger partial charge in [-0.1, -0.05) is 6.08 Å². The second-order valence-corrected chi connectivity index (χ2v) is 1.71. The van der Waals surface area contributed by atoms with Gasteiger partial charge in [-0.2, -0.15) is 0 Å². The first-order valence-electron chi connectivity index (χ1n) is 1.50. The highest BCUT2D eigenvalue weighted by atomic mass is 32.2. The highest BCUT2D eigenvalue weighted by molar-refractivity contribution is 8.02. The number of hydrogen-bond acceptors (Lipinski definition) is 1. The summed E-state index contributed by atoms with van der Waals surface area (Å²) in [4.78, 5) is 0. The predicted octanol–water partition coefficient (Wildman–Crippen LogP) is 1.33. The third-order valence-corrected chi connectivity index (χ3v) is 1.11. The van der Waals surface area contributed by atoms with Crippen molar-refractivity contribution in [3.05, 3.63) is 17.9 Å². The molecule has 0 aromatic rings. The molecule has 0 unspecified atom stereocenters. The average Bonchev–Trinajstić information content (AvgIpc) is 1.76. The predicted molar refractivity (Wildman–Crippen MR) is 24.8 cm³/mol. The van der Waals surface area contributed by atoms with Crippen molar-refractivity contribution in [3.8, 4) is 0 Å². The molecule has 0 N–H and O–H groups in total. The van der Waals surface area contributed by atoms with Crippen molar-refractivity contribution in [2.45, 2.75) is 0 Å². The van der Waals surface area contributed by atoms with Gasteiger partial charge in [0.2, 0.25) is 0 Å². The molecular formula is C4H4S. The summed E-state index contributed by atoms with van der Waals surface area (Å²) in [6, 6.07) is 0. The quantitative estimate of drug-likeness (QED) is 0.426. The topological polar surface area (TPSA) is 0 Å². The van der Waals surface area contributed by atoms with Crippen molar-refractivity contribution in [3.63, 3.8) is 0 Å². The Morgan fingerprint density at radius 1 is 1.80 bits per heavy atom. The maximum Gasteiger partial charge on any atom is 0.0200 e. The van der Waals surface area contributed by atoms with E-state index in [2.05, 4.69) is 6.42 Å². The molecule has 26 valence electrons. The Balaban J connectivity index is 2.32. The number of allylic oxidation sites excluding steroid dienone is 1. The van der Waals surface area contributed by atoms with Gasteiger partial charge in [-0.3, -0.25) is 0 Å². The summed E-state index contributed by atoms with van der Waals surface area (Å²) in [6.45, 7) is 0. The lowest BCUT2D eigenvalue weighted by atomic mass is 10.5. The molecule has 0 nitrogen and oxygen atoms in total. The summed E-state index contributed by atoms with van der Waals surface area (Å²) < 4.78 is 0. The minimum absolute atomic E-state index is 1.06. The number of hydrogen-bond donors (Lipinski definition) is 0. The summed E-state index contributed by atoms with van der Waals surface area (Å²) in [5.41, 5.74) is 0. The average molecular weight is 84.1 g/mol. The van der Waals surface area contributed by atoms with Crippen molar-refractivity contribution >= 4 is 11.8 Å². The van der Waals surface area contributed by atoms with Crippen LogP contribution in [-0.2, 0) is 0 Å². The molecule has 1 rings (SSSR count). The molecule has 1 aliphatic heterocycles. The molecular weight excluding hydrogens is 80.1 g/mol. The molecule has 5 heavy (non-hydrogen) atoms. The molecule has 1 heteroatoms. The summed E-state index contributed by atoms with van der Waals surface area (Å²) >= 11 is 1.78. The second-order valence-electron chi connectivity index (χ2n) is 0.818. The Morgan fingerprint density at radius 3 is 3.00 bits per heavy atom. The van der Waals surface area contributed by atoms with Crippen LogP contribution in [-0.4, -0.2) is 5.75 Å². The molecule has 0 fully saturated rings. The Hall–Kier alpha value is 0.0900. The van der Waals surface area contributed by atoms with Crippen LogP contribution >= 0.6 is 11.8 Å². The molecule has 1 aliphatic rings. The van der Waals surface area contributed by atoms with Gasteiger partial charge < -0.3 is 0 Å². The Bertz CT molecular complexity index is 41.6. The molecule has 0 aliphatic carbocycles. The summed E-state index contributed by atoms with van der Waals surface area (Å²) in [6.07, 6.45) is 4.95. The van der Waals surface area contributed by atoms with Gasteiger partial charge in [-0.25, -0.2) is 0 Å². The van der Waals surface area contributed by atoms with Crippen LogP contribution in [0.4, 0.5) is 0 Å². The minimum Gasteiger partial charge on any atom is -0.133 e. The lowest BCUT2D eigenvalue weighted by Crippen LogP contribution is -1.58. The van der Waals surface area contributed by atoms with Gasteiger partial charge in [0.1, 0.15) is 0 Å². The largest absolute Gasteiger partial charge is 0.133 e. The number of thioether (sulfide) groups is 1. The van der Waals surface area contributed by atoms with E-state index in [9.17, 15) is 0 Å². The smallest absolute Gasteiger partial charge is 0.0200 e. The fraction of sp³-hybridized carbons (Fsp3) is 0.250. The molecule has 0 aromatic carbocycles. The van der Waals surface area contributed by atoms with E-state index in [1.807, 2.05) is 11.5 Å². The van der Waals surface area contributed by atoms with Crippen LogP contribution in [0.3, 0.4) is 0 Å². The Morgan fingerprint density at radius 2 is 2.80 bits per heavy atom. The van der Waals surface area contributed by atoms with Crippen LogP contribution in [0.25, 0.3) is 0 Å². The number of rotatable bonds is 0. The molecule has 2 radical (unpaired) electrons. The van der Waals surface area contributed by atoms with Crippen molar-refractivity contribution in [1.82, 2.24) is 0 Å². The zero-order valence-corrected chi connectivity index (χ0v) is 3.59. The molecule has 0 bridgehead atoms. The van der Waals surface area contributed by atoms with Crippen LogP contribution < -0.4 is 0 Å². The van der Waals surface area contributed by atoms with Gasteiger partial charge in [0.15, 0.2) is 0 Å². The van der Waals surface area contributed by atoms with E-state index in [0.29, 0.717) is 0 Å². The summed E-state index contributed by atoms with van der Waals surface area (Å²) in [5.74, 6) is 1.06. The van der Waals surface area contributed by atoms with E-state index >= 15 is 0 Å². The van der Waals surface area contributed by atoms with E-state index in [1.165, 1.54) is 0 Å². The van der Waals surface area contributed by atoms with E-state index in [-0.39, 0.29) is 0 Å². The SMILES string of the molecule is [C]1C=CSC1. The lowest BCUT2D eigenvalue weighted by molar-refractivity contribution is 1.63. The third-order valence-electron chi connectivity index (χ3n) is 0.449. The van der Waals surface area contributed by atoms with Crippen LogP contribution in [0.2, 0.25) is 0 Å². The minimum atomic E-state index is 1.06. The van der Waals surface area contributed by atoms with Gasteiger partial charge >= 0.3 is 0 Å². The van der Waals surface area contributed by atoms with Crippen molar-refractivity contribution < 1.29 is 0 Å². The maximum atomic E-state index is 3.00. The Labute approximate surface area is 36.3 Å². The van der Waals surface area contributed by atoms with Gasteiger partial charge in [0.25, 0.3) is 0 Å². The normalized spacial score (nSPS) is 20.8. The van der Waals surface area contributed by atoms with Crippen LogP contribution in [0, 0.1) is 6.42 Å². The summed E-state index contributed by atoms with van der Waals surface area (Å²) in [5, 5.41) is 2.04. The molecule has 0 atom stereocenters. The van der Waals surface area contributed by atoms with E-state index in [0.717, 1.165) is 5.75 Å². The van der Waals surface area contributed by atoms with E-state index in [1.54, 1.807) is 11.8 Å². The first-order chi connectivity index (χ1) is 2.50. The van der Waals surface area contributed by atoms with Gasteiger partial charge in [-0.05, 0) is 5.41 Å². The van der Waals surface area contributed by atoms with Crippen LogP contribution in [0.15, 0.2) is 11.5 Å². The molecule has 0 aromatic heterocycles. The van der Waals surface area contributed by atoms with Crippen molar-refractivity contribution in [2.24, 2.45) is 0 Å². The van der Waals surface area contributed by atoms with Gasteiger partial charge in [-0.15, -0.1) is 11.8 Å². The van der Waals surface area contributed by atoms with Gasteiger partial charge in [0, 0.05) is 12.2 Å². The lowest BCUT2D eigenvalue weighted by Gasteiger charge is -1.68. The monoisotopic (exact) mass is 84.0 g/mol. The molecule has 0 saturated carbocycles. The standard InChI is InChI=1S/C4H4S/c1-2-4-5-3-1/h1,3H,4H2. The van der Waals surface area contributed by atoms with E-state index < -0.39 is 0 Å². The van der Waals surface area contributed by atoms with Crippen LogP contribution in [0.5, 0.6) is 0 Å². The second kappa shape index (κ2) is 1.51. The summed E-state index contributed by atoms with van der Waals surface area (Å²) in [7, 11) is 0. The molecule has 0 spiro atoms. The maximum absolute atomic E-state index is 3.00. The molecule has 1 heterocycles. The zero-order chi connectivity index (χ0) is 3.54. The fourth-order valence-corrected chi connectivity index (χ4v) is 0.722. The molecule has 0 amide bonds. The molecule has 0 saturated heterocycles.